The van der Waals surface area contributed by atoms with Crippen molar-refractivity contribution >= 4 is 40.5 Å². The van der Waals surface area contributed by atoms with Gasteiger partial charge in [0.05, 0.1) is 23.3 Å². The first-order chi connectivity index (χ1) is 15.9. The minimum absolute atomic E-state index is 0.0500. The highest BCUT2D eigenvalue weighted by atomic mass is 32.2. The van der Waals surface area contributed by atoms with E-state index < -0.39 is 0 Å². The Kier molecular flexibility index (Phi) is 6.68. The van der Waals surface area contributed by atoms with Gasteiger partial charge in [-0.05, 0) is 38.8 Å². The van der Waals surface area contributed by atoms with Crippen molar-refractivity contribution in [2.75, 3.05) is 31.2 Å². The van der Waals surface area contributed by atoms with Crippen LogP contribution in [0.4, 0.5) is 10.6 Å². The number of nitrogen functional groups attached to an aromatic ring is 1. The second-order valence-corrected chi connectivity index (χ2v) is 8.75. The van der Waals surface area contributed by atoms with E-state index in [9.17, 15) is 14.4 Å². The zero-order valence-electron chi connectivity index (χ0n) is 18.6. The number of nitrogens with two attached hydrogens (primary N) is 1. The van der Waals surface area contributed by atoms with Crippen LogP contribution in [0.3, 0.4) is 0 Å². The third-order valence-electron chi connectivity index (χ3n) is 5.60. The molecule has 10 nitrogen and oxygen atoms in total. The molecule has 1 aliphatic rings. The number of anilines is 1. The van der Waals surface area contributed by atoms with Gasteiger partial charge in [-0.1, -0.05) is 23.9 Å². The summed E-state index contributed by atoms with van der Waals surface area (Å²) in [6.07, 6.45) is 0.846. The third kappa shape index (κ3) is 4.72. The van der Waals surface area contributed by atoms with Crippen molar-refractivity contribution in [3.05, 3.63) is 46.4 Å². The van der Waals surface area contributed by atoms with Gasteiger partial charge in [-0.15, -0.1) is 5.10 Å². The lowest BCUT2D eigenvalue weighted by atomic mass is 10.0. The first-order valence-electron chi connectivity index (χ1n) is 10.8. The highest BCUT2D eigenvalue weighted by Crippen LogP contribution is 2.28. The number of hydrogen-bond acceptors (Lipinski definition) is 8. The standard InChI is InChI=1S/C22H26N6O4S/c1-3-32-22(31)26-10-8-15(9-11-26)27-20(30)16-6-4-5-7-17(16)24-21(27)33-13-19(29)28-14(2)12-18(23)25-28/h4-7,12,15H,3,8-11,13H2,1-2H3,(H2,23,25). The Morgan fingerprint density at radius 1 is 1.24 bits per heavy atom. The molecule has 4 rings (SSSR count). The van der Waals surface area contributed by atoms with Gasteiger partial charge in [-0.25, -0.2) is 14.5 Å². The smallest absolute Gasteiger partial charge is 0.409 e. The lowest BCUT2D eigenvalue weighted by molar-refractivity contribution is 0.0907. The van der Waals surface area contributed by atoms with E-state index in [0.29, 0.717) is 54.3 Å². The van der Waals surface area contributed by atoms with Gasteiger partial charge in [0.25, 0.3) is 11.5 Å². The van der Waals surface area contributed by atoms with E-state index >= 15 is 0 Å². The number of benzene rings is 1. The lowest BCUT2D eigenvalue weighted by Gasteiger charge is -2.33. The fraction of sp³-hybridized carbons (Fsp3) is 0.409. The van der Waals surface area contributed by atoms with Crippen LogP contribution < -0.4 is 11.3 Å². The summed E-state index contributed by atoms with van der Waals surface area (Å²) in [5.41, 5.74) is 6.77. The summed E-state index contributed by atoms with van der Waals surface area (Å²) in [5, 5.41) is 5.03. The summed E-state index contributed by atoms with van der Waals surface area (Å²) in [7, 11) is 0. The first-order valence-corrected chi connectivity index (χ1v) is 11.8. The molecule has 3 aromatic rings. The van der Waals surface area contributed by atoms with Crippen LogP contribution in [0, 0.1) is 6.92 Å². The molecule has 0 unspecified atom stereocenters. The molecular formula is C22H26N6O4S. The molecule has 0 atom stereocenters. The van der Waals surface area contributed by atoms with Crippen molar-refractivity contribution in [3.63, 3.8) is 0 Å². The summed E-state index contributed by atoms with van der Waals surface area (Å²) in [4.78, 5) is 44.6. The number of piperidine rings is 1. The first kappa shape index (κ1) is 22.8. The van der Waals surface area contributed by atoms with E-state index in [-0.39, 0.29) is 35.2 Å². The number of fused-ring (bicyclic) bond motifs is 1. The Bertz CT molecular complexity index is 1250. The van der Waals surface area contributed by atoms with Crippen LogP contribution in [0.1, 0.15) is 36.3 Å². The Morgan fingerprint density at radius 2 is 1.97 bits per heavy atom. The van der Waals surface area contributed by atoms with Crippen LogP contribution in [0.5, 0.6) is 0 Å². The summed E-state index contributed by atoms with van der Waals surface area (Å²) in [6, 6.07) is 8.66. The predicted molar refractivity (Wildman–Crippen MR) is 126 cm³/mol. The van der Waals surface area contributed by atoms with Crippen molar-refractivity contribution < 1.29 is 14.3 Å². The maximum atomic E-state index is 13.4. The number of carbonyl (C=O) groups excluding carboxylic acids is 2. The number of hydrogen-bond donors (Lipinski definition) is 1. The number of rotatable bonds is 5. The van der Waals surface area contributed by atoms with Crippen molar-refractivity contribution in [2.24, 2.45) is 0 Å². The molecular weight excluding hydrogens is 444 g/mol. The van der Waals surface area contributed by atoms with E-state index in [1.54, 1.807) is 47.6 Å². The second kappa shape index (κ2) is 9.65. The van der Waals surface area contributed by atoms with Crippen molar-refractivity contribution in [1.82, 2.24) is 24.2 Å². The van der Waals surface area contributed by atoms with Gasteiger partial charge in [0, 0.05) is 30.9 Å². The minimum Gasteiger partial charge on any atom is -0.450 e. The molecule has 0 saturated carbocycles. The fourth-order valence-corrected chi connectivity index (χ4v) is 4.92. The molecule has 2 aromatic heterocycles. The molecule has 1 fully saturated rings. The largest absolute Gasteiger partial charge is 0.450 e. The van der Waals surface area contributed by atoms with Gasteiger partial charge >= 0.3 is 6.09 Å². The van der Waals surface area contributed by atoms with Gasteiger partial charge in [0.1, 0.15) is 5.82 Å². The molecule has 2 N–H and O–H groups in total. The number of nitrogens with zero attached hydrogens (tertiary/aromatic N) is 5. The van der Waals surface area contributed by atoms with Crippen LogP contribution in [-0.4, -0.2) is 61.7 Å². The molecule has 3 heterocycles. The minimum atomic E-state index is -0.339. The third-order valence-corrected chi connectivity index (χ3v) is 6.54. The van der Waals surface area contributed by atoms with E-state index in [4.69, 9.17) is 15.5 Å². The monoisotopic (exact) mass is 470 g/mol. The van der Waals surface area contributed by atoms with E-state index in [2.05, 4.69) is 5.10 Å². The van der Waals surface area contributed by atoms with Crippen LogP contribution in [0.15, 0.2) is 40.3 Å². The maximum absolute atomic E-state index is 13.4. The molecule has 174 valence electrons. The Labute approximate surface area is 194 Å². The van der Waals surface area contributed by atoms with Crippen molar-refractivity contribution in [1.29, 1.82) is 0 Å². The predicted octanol–water partition coefficient (Wildman–Crippen LogP) is 2.71. The van der Waals surface area contributed by atoms with Crippen LogP contribution in [0.25, 0.3) is 10.9 Å². The molecule has 0 spiro atoms. The van der Waals surface area contributed by atoms with Crippen LogP contribution >= 0.6 is 11.8 Å². The number of likely N-dealkylation sites (tertiary alicyclic amines) is 1. The normalized spacial score (nSPS) is 14.5. The highest BCUT2D eigenvalue weighted by molar-refractivity contribution is 7.99. The molecule has 1 amide bonds. The van der Waals surface area contributed by atoms with Crippen LogP contribution in [-0.2, 0) is 4.74 Å². The molecule has 33 heavy (non-hydrogen) atoms. The number of para-hydroxylation sites is 1. The Balaban J connectivity index is 1.61. The highest BCUT2D eigenvalue weighted by Gasteiger charge is 2.28. The maximum Gasteiger partial charge on any atom is 0.409 e. The molecule has 1 aromatic carbocycles. The summed E-state index contributed by atoms with van der Waals surface area (Å²) in [6.45, 7) is 4.82. The summed E-state index contributed by atoms with van der Waals surface area (Å²) >= 11 is 1.20. The zero-order chi connectivity index (χ0) is 23.5. The number of ether oxygens (including phenoxy) is 1. The topological polar surface area (TPSA) is 125 Å². The number of carbonyl (C=O) groups is 2. The Hall–Kier alpha value is -3.34. The number of thioether (sulfide) groups is 1. The molecule has 0 bridgehead atoms. The van der Waals surface area contributed by atoms with Crippen LogP contribution in [0.2, 0.25) is 0 Å². The van der Waals surface area contributed by atoms with E-state index in [0.717, 1.165) is 0 Å². The van der Waals surface area contributed by atoms with Gasteiger partial charge in [0.15, 0.2) is 5.16 Å². The second-order valence-electron chi connectivity index (χ2n) is 7.81. The van der Waals surface area contributed by atoms with E-state index in [1.165, 1.54) is 16.4 Å². The lowest BCUT2D eigenvalue weighted by Crippen LogP contribution is -2.41. The Morgan fingerprint density at radius 3 is 2.64 bits per heavy atom. The van der Waals surface area contributed by atoms with Gasteiger partial charge in [-0.3, -0.25) is 14.2 Å². The molecule has 1 saturated heterocycles. The quantitative estimate of drug-likeness (QED) is 0.446. The van der Waals surface area contributed by atoms with Crippen molar-refractivity contribution in [2.45, 2.75) is 37.9 Å². The summed E-state index contributed by atoms with van der Waals surface area (Å²) in [5.74, 6) is 0.0780. The average molecular weight is 471 g/mol. The van der Waals surface area contributed by atoms with Gasteiger partial charge < -0.3 is 15.4 Å². The zero-order valence-corrected chi connectivity index (χ0v) is 19.4. The average Bonchev–Trinajstić information content (AvgIpc) is 3.16. The SMILES string of the molecule is CCOC(=O)N1CCC(n2c(SCC(=O)n3nc(N)cc3C)nc3ccccc3c2=O)CC1. The number of amides is 1. The van der Waals surface area contributed by atoms with Crippen molar-refractivity contribution in [3.8, 4) is 0 Å². The molecule has 11 heteroatoms. The fourth-order valence-electron chi connectivity index (χ4n) is 4.01. The number of aryl methyl sites for hydroxylation is 1. The van der Waals surface area contributed by atoms with E-state index in [1.807, 2.05) is 6.07 Å². The number of aromatic nitrogens is 4. The summed E-state index contributed by atoms with van der Waals surface area (Å²) < 4.78 is 8.03. The molecule has 0 aliphatic carbocycles. The molecule has 0 radical (unpaired) electrons. The molecule has 1 aliphatic heterocycles. The van der Waals surface area contributed by atoms with Gasteiger partial charge in [0.2, 0.25) is 0 Å². The van der Waals surface area contributed by atoms with Gasteiger partial charge in [-0.2, -0.15) is 0 Å².